The molecular formula is C15H9ClFNO3. The first-order chi connectivity index (χ1) is 9.99. The van der Waals surface area contributed by atoms with E-state index >= 15 is 0 Å². The molecule has 0 aliphatic carbocycles. The molecule has 0 unspecified atom stereocenters. The molecule has 106 valence electrons. The molecule has 21 heavy (non-hydrogen) atoms. The lowest BCUT2D eigenvalue weighted by Crippen LogP contribution is -1.96. The Morgan fingerprint density at radius 1 is 1.24 bits per heavy atom. The van der Waals surface area contributed by atoms with Crippen molar-refractivity contribution in [2.75, 3.05) is 0 Å². The average molecular weight is 306 g/mol. The SMILES string of the molecule is O=C(C=Cc1c(F)cccc1Cl)c1cccc([N+](=O)[O-])c1. The number of allylic oxidation sites excluding steroid dienone is 1. The fourth-order valence-corrected chi connectivity index (χ4v) is 1.92. The number of non-ortho nitro benzene ring substituents is 1. The van der Waals surface area contributed by atoms with Crippen molar-refractivity contribution in [3.63, 3.8) is 0 Å². The fraction of sp³-hybridized carbons (Fsp3) is 0. The molecule has 2 aromatic rings. The highest BCUT2D eigenvalue weighted by molar-refractivity contribution is 6.32. The Kier molecular flexibility index (Phi) is 4.45. The standard InChI is InChI=1S/C15H9ClFNO3/c16-13-5-2-6-14(17)12(13)7-8-15(19)10-3-1-4-11(9-10)18(20)21/h1-9H. The van der Waals surface area contributed by atoms with E-state index in [0.717, 1.165) is 12.1 Å². The third-order valence-corrected chi connectivity index (χ3v) is 3.07. The maximum Gasteiger partial charge on any atom is 0.270 e. The molecule has 6 heteroatoms. The summed E-state index contributed by atoms with van der Waals surface area (Å²) in [5, 5.41) is 10.8. The molecule has 2 aromatic carbocycles. The van der Waals surface area contributed by atoms with E-state index in [-0.39, 0.29) is 21.8 Å². The van der Waals surface area contributed by atoms with Gasteiger partial charge in [0.2, 0.25) is 0 Å². The second-order valence-electron chi connectivity index (χ2n) is 4.14. The van der Waals surface area contributed by atoms with Crippen LogP contribution in [0, 0.1) is 15.9 Å². The topological polar surface area (TPSA) is 60.2 Å². The van der Waals surface area contributed by atoms with Gasteiger partial charge in [0.25, 0.3) is 5.69 Å². The van der Waals surface area contributed by atoms with Gasteiger partial charge in [-0.1, -0.05) is 29.8 Å². The zero-order valence-corrected chi connectivity index (χ0v) is 11.4. The van der Waals surface area contributed by atoms with Crippen LogP contribution in [0.5, 0.6) is 0 Å². The number of carbonyl (C=O) groups excluding carboxylic acids is 1. The van der Waals surface area contributed by atoms with Crippen LogP contribution in [0.1, 0.15) is 15.9 Å². The normalized spacial score (nSPS) is 10.8. The summed E-state index contributed by atoms with van der Waals surface area (Å²) in [6.07, 6.45) is 2.38. The van der Waals surface area contributed by atoms with Gasteiger partial charge in [0.1, 0.15) is 5.82 Å². The number of benzene rings is 2. The monoisotopic (exact) mass is 305 g/mol. The first-order valence-electron chi connectivity index (χ1n) is 5.90. The predicted molar refractivity (Wildman–Crippen MR) is 77.9 cm³/mol. The largest absolute Gasteiger partial charge is 0.289 e. The minimum atomic E-state index is -0.589. The second-order valence-corrected chi connectivity index (χ2v) is 4.55. The summed E-state index contributed by atoms with van der Waals surface area (Å²) >= 11 is 5.83. The molecule has 2 rings (SSSR count). The first kappa shape index (κ1) is 14.9. The Balaban J connectivity index is 2.27. The van der Waals surface area contributed by atoms with Crippen molar-refractivity contribution >= 4 is 29.1 Å². The van der Waals surface area contributed by atoms with Crippen LogP contribution in [0.4, 0.5) is 10.1 Å². The van der Waals surface area contributed by atoms with Crippen molar-refractivity contribution < 1.29 is 14.1 Å². The smallest absolute Gasteiger partial charge is 0.270 e. The molecule has 0 aromatic heterocycles. The molecule has 0 bridgehead atoms. The number of nitro groups is 1. The van der Waals surface area contributed by atoms with E-state index in [1.807, 2.05) is 0 Å². The molecule has 0 atom stereocenters. The average Bonchev–Trinajstić information content (AvgIpc) is 2.46. The Morgan fingerprint density at radius 2 is 1.95 bits per heavy atom. The summed E-state index contributed by atoms with van der Waals surface area (Å²) in [5.41, 5.74) is 0.0593. The number of nitro benzene ring substituents is 1. The highest BCUT2D eigenvalue weighted by atomic mass is 35.5. The van der Waals surface area contributed by atoms with Gasteiger partial charge in [0, 0.05) is 23.3 Å². The van der Waals surface area contributed by atoms with Crippen LogP contribution in [0.3, 0.4) is 0 Å². The van der Waals surface area contributed by atoms with Crippen LogP contribution in [0.2, 0.25) is 5.02 Å². The van der Waals surface area contributed by atoms with Gasteiger partial charge in [-0.2, -0.15) is 0 Å². The van der Waals surface area contributed by atoms with Crippen molar-refractivity contribution in [3.8, 4) is 0 Å². The number of nitrogens with zero attached hydrogens (tertiary/aromatic N) is 1. The molecular weight excluding hydrogens is 297 g/mol. The van der Waals surface area contributed by atoms with E-state index < -0.39 is 16.5 Å². The minimum Gasteiger partial charge on any atom is -0.289 e. The van der Waals surface area contributed by atoms with E-state index in [9.17, 15) is 19.3 Å². The van der Waals surface area contributed by atoms with Gasteiger partial charge in [-0.25, -0.2) is 4.39 Å². The van der Waals surface area contributed by atoms with Gasteiger partial charge in [0.15, 0.2) is 5.78 Å². The van der Waals surface area contributed by atoms with Crippen LogP contribution in [-0.4, -0.2) is 10.7 Å². The molecule has 0 aliphatic rings. The van der Waals surface area contributed by atoms with Crippen LogP contribution >= 0.6 is 11.6 Å². The second kappa shape index (κ2) is 6.28. The molecule has 0 radical (unpaired) electrons. The quantitative estimate of drug-likeness (QED) is 0.366. The van der Waals surface area contributed by atoms with Gasteiger partial charge in [-0.15, -0.1) is 0 Å². The molecule has 0 N–H and O–H groups in total. The van der Waals surface area contributed by atoms with Crippen LogP contribution in [-0.2, 0) is 0 Å². The fourth-order valence-electron chi connectivity index (χ4n) is 1.70. The molecule has 0 aliphatic heterocycles. The van der Waals surface area contributed by atoms with Crippen LogP contribution < -0.4 is 0 Å². The minimum absolute atomic E-state index is 0.0953. The molecule has 4 nitrogen and oxygen atoms in total. The number of hydrogen-bond acceptors (Lipinski definition) is 3. The molecule has 0 amide bonds. The van der Waals surface area contributed by atoms with Crippen LogP contribution in [0.25, 0.3) is 6.08 Å². The summed E-state index contributed by atoms with van der Waals surface area (Å²) in [6.45, 7) is 0. The number of ketones is 1. The third-order valence-electron chi connectivity index (χ3n) is 2.74. The van der Waals surface area contributed by atoms with Crippen molar-refractivity contribution in [1.29, 1.82) is 0 Å². The van der Waals surface area contributed by atoms with Gasteiger partial charge >= 0.3 is 0 Å². The zero-order valence-electron chi connectivity index (χ0n) is 10.6. The highest BCUT2D eigenvalue weighted by Gasteiger charge is 2.10. The Morgan fingerprint density at radius 3 is 2.62 bits per heavy atom. The van der Waals surface area contributed by atoms with E-state index in [0.29, 0.717) is 0 Å². The Labute approximate surface area is 124 Å². The van der Waals surface area contributed by atoms with Gasteiger partial charge in [0.05, 0.1) is 9.95 Å². The van der Waals surface area contributed by atoms with E-state index in [1.54, 1.807) is 0 Å². The third kappa shape index (κ3) is 3.52. The number of hydrogen-bond donors (Lipinski definition) is 0. The molecule has 0 saturated heterocycles. The lowest BCUT2D eigenvalue weighted by atomic mass is 10.1. The molecule has 0 spiro atoms. The van der Waals surface area contributed by atoms with Crippen molar-refractivity contribution in [2.45, 2.75) is 0 Å². The first-order valence-corrected chi connectivity index (χ1v) is 6.27. The molecule has 0 saturated carbocycles. The number of rotatable bonds is 4. The van der Waals surface area contributed by atoms with Gasteiger partial charge in [-0.05, 0) is 24.3 Å². The predicted octanol–water partition coefficient (Wildman–Crippen LogP) is 4.28. The summed E-state index contributed by atoms with van der Waals surface area (Å²) < 4.78 is 13.5. The van der Waals surface area contributed by atoms with Gasteiger partial charge in [-0.3, -0.25) is 14.9 Å². The lowest BCUT2D eigenvalue weighted by Gasteiger charge is -2.00. The Bertz CT molecular complexity index is 723. The summed E-state index contributed by atoms with van der Waals surface area (Å²) in [5.74, 6) is -1.02. The van der Waals surface area contributed by atoms with Gasteiger partial charge < -0.3 is 0 Å². The van der Waals surface area contributed by atoms with Crippen molar-refractivity contribution in [2.24, 2.45) is 0 Å². The van der Waals surface area contributed by atoms with Crippen LogP contribution in [0.15, 0.2) is 48.5 Å². The maximum atomic E-state index is 13.5. The lowest BCUT2D eigenvalue weighted by molar-refractivity contribution is -0.384. The van der Waals surface area contributed by atoms with Crippen molar-refractivity contribution in [3.05, 3.63) is 80.6 Å². The summed E-state index contributed by atoms with van der Waals surface area (Å²) in [6, 6.07) is 9.49. The van der Waals surface area contributed by atoms with Crippen molar-refractivity contribution in [1.82, 2.24) is 0 Å². The molecule has 0 fully saturated rings. The Hall–Kier alpha value is -2.53. The number of carbonyl (C=O) groups is 1. The van der Waals surface area contributed by atoms with E-state index in [1.165, 1.54) is 42.5 Å². The highest BCUT2D eigenvalue weighted by Crippen LogP contribution is 2.21. The summed E-state index contributed by atoms with van der Waals surface area (Å²) in [7, 11) is 0. The number of halogens is 2. The maximum absolute atomic E-state index is 13.5. The van der Waals surface area contributed by atoms with E-state index in [2.05, 4.69) is 0 Å². The summed E-state index contributed by atoms with van der Waals surface area (Å²) in [4.78, 5) is 22.0. The van der Waals surface area contributed by atoms with E-state index in [4.69, 9.17) is 11.6 Å². The molecule has 0 heterocycles. The zero-order chi connectivity index (χ0) is 15.4.